The SMILES string of the molecule is Cc1ccc2cccc(O)c2n1.Oc1c(-c2ccccc2)cccc1-c1ccccc1. The fourth-order valence-corrected chi connectivity index (χ4v) is 3.47. The van der Waals surface area contributed by atoms with Gasteiger partial charge in [-0.3, -0.25) is 0 Å². The van der Waals surface area contributed by atoms with Crippen molar-refractivity contribution < 1.29 is 10.2 Å². The molecular formula is C28H23NO2. The molecule has 0 aliphatic carbocycles. The van der Waals surface area contributed by atoms with Crippen LogP contribution in [0.2, 0.25) is 0 Å². The smallest absolute Gasteiger partial charge is 0.141 e. The average Bonchev–Trinajstić information content (AvgIpc) is 2.81. The molecule has 0 amide bonds. The molecule has 3 nitrogen and oxygen atoms in total. The maximum absolute atomic E-state index is 10.5. The van der Waals surface area contributed by atoms with Crippen LogP contribution in [-0.4, -0.2) is 15.2 Å². The lowest BCUT2D eigenvalue weighted by Gasteiger charge is -2.10. The number of aromatic nitrogens is 1. The molecule has 2 N–H and O–H groups in total. The van der Waals surface area contributed by atoms with Gasteiger partial charge in [0.05, 0.1) is 0 Å². The predicted octanol–water partition coefficient (Wildman–Crippen LogP) is 6.98. The van der Waals surface area contributed by atoms with Crippen LogP contribution in [0.25, 0.3) is 33.2 Å². The van der Waals surface area contributed by atoms with Crippen molar-refractivity contribution in [3.8, 4) is 33.8 Å². The minimum atomic E-state index is 0.246. The molecule has 5 aromatic rings. The van der Waals surface area contributed by atoms with Gasteiger partial charge in [0.1, 0.15) is 17.0 Å². The monoisotopic (exact) mass is 405 g/mol. The third-order valence-corrected chi connectivity index (χ3v) is 5.04. The molecular weight excluding hydrogens is 382 g/mol. The highest BCUT2D eigenvalue weighted by molar-refractivity contribution is 5.84. The molecule has 0 aliphatic rings. The molecule has 3 heteroatoms. The van der Waals surface area contributed by atoms with Crippen molar-refractivity contribution >= 4 is 10.9 Å². The maximum atomic E-state index is 10.5. The van der Waals surface area contributed by atoms with Crippen molar-refractivity contribution in [2.75, 3.05) is 0 Å². The fourth-order valence-electron chi connectivity index (χ4n) is 3.47. The lowest BCUT2D eigenvalue weighted by atomic mass is 9.97. The molecule has 0 radical (unpaired) electrons. The van der Waals surface area contributed by atoms with Gasteiger partial charge in [0.2, 0.25) is 0 Å². The largest absolute Gasteiger partial charge is 0.507 e. The Bertz CT molecular complexity index is 1240. The van der Waals surface area contributed by atoms with Crippen LogP contribution in [0.1, 0.15) is 5.69 Å². The summed E-state index contributed by atoms with van der Waals surface area (Å²) in [6, 6.07) is 35.0. The number of aryl methyl sites for hydroxylation is 1. The zero-order chi connectivity index (χ0) is 21.6. The summed E-state index contributed by atoms with van der Waals surface area (Å²) in [4.78, 5) is 4.23. The fraction of sp³-hybridized carbons (Fsp3) is 0.0357. The zero-order valence-corrected chi connectivity index (χ0v) is 17.2. The zero-order valence-electron chi connectivity index (χ0n) is 17.2. The standard InChI is InChI=1S/C18H14O.C10H9NO/c19-18-16(14-8-3-1-4-9-14)12-7-13-17(18)15-10-5-2-6-11-15;1-7-5-6-8-3-2-4-9(12)10(8)11-7/h1-13,19H;2-6,12H,1H3. The molecule has 0 atom stereocenters. The predicted molar refractivity (Wildman–Crippen MR) is 127 cm³/mol. The highest BCUT2D eigenvalue weighted by atomic mass is 16.3. The van der Waals surface area contributed by atoms with Gasteiger partial charge in [0.15, 0.2) is 0 Å². The van der Waals surface area contributed by atoms with E-state index in [4.69, 9.17) is 0 Å². The molecule has 1 heterocycles. The molecule has 4 aromatic carbocycles. The Morgan fingerprint density at radius 2 is 1.10 bits per heavy atom. The number of nitrogens with zero attached hydrogens (tertiary/aromatic N) is 1. The Labute approximate surface area is 181 Å². The van der Waals surface area contributed by atoms with Crippen LogP contribution in [0.15, 0.2) is 109 Å². The van der Waals surface area contributed by atoms with E-state index < -0.39 is 0 Å². The van der Waals surface area contributed by atoms with Gasteiger partial charge in [-0.25, -0.2) is 4.98 Å². The minimum Gasteiger partial charge on any atom is -0.507 e. The normalized spacial score (nSPS) is 10.4. The number of benzene rings is 4. The summed E-state index contributed by atoms with van der Waals surface area (Å²) in [5.41, 5.74) is 5.38. The Balaban J connectivity index is 0.000000166. The van der Waals surface area contributed by atoms with Crippen LogP contribution in [0.4, 0.5) is 0 Å². The molecule has 1 aromatic heterocycles. The molecule has 0 unspecified atom stereocenters. The van der Waals surface area contributed by atoms with Crippen molar-refractivity contribution in [1.29, 1.82) is 0 Å². The second kappa shape index (κ2) is 9.14. The van der Waals surface area contributed by atoms with Crippen LogP contribution < -0.4 is 0 Å². The van der Waals surface area contributed by atoms with Gasteiger partial charge in [0, 0.05) is 22.2 Å². The number of phenolic OH excluding ortho intramolecular Hbond substituents is 2. The molecule has 5 rings (SSSR count). The van der Waals surface area contributed by atoms with Gasteiger partial charge in [-0.1, -0.05) is 97.1 Å². The third-order valence-electron chi connectivity index (χ3n) is 5.04. The van der Waals surface area contributed by atoms with E-state index in [-0.39, 0.29) is 5.75 Å². The van der Waals surface area contributed by atoms with Crippen LogP contribution in [-0.2, 0) is 0 Å². The summed E-state index contributed by atoms with van der Waals surface area (Å²) in [7, 11) is 0. The van der Waals surface area contributed by atoms with Crippen molar-refractivity contribution in [2.45, 2.75) is 6.92 Å². The van der Waals surface area contributed by atoms with Gasteiger partial charge < -0.3 is 10.2 Å². The Hall–Kier alpha value is -4.11. The minimum absolute atomic E-state index is 0.246. The van der Waals surface area contributed by atoms with Crippen molar-refractivity contribution in [3.63, 3.8) is 0 Å². The van der Waals surface area contributed by atoms with Crippen molar-refractivity contribution in [3.05, 3.63) is 115 Å². The number of hydrogen-bond donors (Lipinski definition) is 2. The summed E-state index contributed by atoms with van der Waals surface area (Å²) in [5, 5.41) is 20.9. The van der Waals surface area contributed by atoms with Crippen LogP contribution in [0.5, 0.6) is 11.5 Å². The second-order valence-corrected chi connectivity index (χ2v) is 7.24. The van der Waals surface area contributed by atoms with Crippen molar-refractivity contribution in [2.24, 2.45) is 0 Å². The number of fused-ring (bicyclic) bond motifs is 1. The highest BCUT2D eigenvalue weighted by Crippen LogP contribution is 2.37. The first-order chi connectivity index (χ1) is 15.1. The summed E-state index contributed by atoms with van der Waals surface area (Å²) in [6.07, 6.45) is 0. The molecule has 0 aliphatic heterocycles. The number of para-hydroxylation sites is 2. The molecule has 31 heavy (non-hydrogen) atoms. The summed E-state index contributed by atoms with van der Waals surface area (Å²) >= 11 is 0. The van der Waals surface area contributed by atoms with Crippen LogP contribution >= 0.6 is 0 Å². The first-order valence-electron chi connectivity index (χ1n) is 10.1. The number of hydrogen-bond acceptors (Lipinski definition) is 3. The number of phenols is 2. The van der Waals surface area contributed by atoms with Gasteiger partial charge in [-0.2, -0.15) is 0 Å². The molecule has 0 saturated heterocycles. The Kier molecular flexibility index (Phi) is 5.95. The average molecular weight is 405 g/mol. The molecule has 152 valence electrons. The topological polar surface area (TPSA) is 53.4 Å². The third kappa shape index (κ3) is 4.57. The molecule has 0 bridgehead atoms. The maximum Gasteiger partial charge on any atom is 0.141 e. The summed E-state index contributed by atoms with van der Waals surface area (Å²) in [5.74, 6) is 0.580. The number of pyridine rings is 1. The van der Waals surface area contributed by atoms with E-state index in [2.05, 4.69) is 4.98 Å². The Morgan fingerprint density at radius 1 is 0.548 bits per heavy atom. The van der Waals surface area contributed by atoms with E-state index in [1.54, 1.807) is 6.07 Å². The van der Waals surface area contributed by atoms with E-state index in [1.165, 1.54) is 0 Å². The van der Waals surface area contributed by atoms with Gasteiger partial charge in [-0.05, 0) is 30.2 Å². The van der Waals surface area contributed by atoms with E-state index in [0.29, 0.717) is 11.3 Å². The number of rotatable bonds is 2. The van der Waals surface area contributed by atoms with Gasteiger partial charge in [0.25, 0.3) is 0 Å². The van der Waals surface area contributed by atoms with Gasteiger partial charge >= 0.3 is 0 Å². The summed E-state index contributed by atoms with van der Waals surface area (Å²) in [6.45, 7) is 1.91. The van der Waals surface area contributed by atoms with E-state index in [9.17, 15) is 10.2 Å². The van der Waals surface area contributed by atoms with Crippen LogP contribution in [0, 0.1) is 6.92 Å². The highest BCUT2D eigenvalue weighted by Gasteiger charge is 2.09. The summed E-state index contributed by atoms with van der Waals surface area (Å²) < 4.78 is 0. The quantitative estimate of drug-likeness (QED) is 0.333. The van der Waals surface area contributed by atoms with Gasteiger partial charge in [-0.15, -0.1) is 0 Å². The van der Waals surface area contributed by atoms with E-state index in [1.807, 2.05) is 110 Å². The lowest BCUT2D eigenvalue weighted by molar-refractivity contribution is 0.479. The Morgan fingerprint density at radius 3 is 1.68 bits per heavy atom. The first-order valence-corrected chi connectivity index (χ1v) is 10.1. The molecule has 0 fully saturated rings. The van der Waals surface area contributed by atoms with E-state index in [0.717, 1.165) is 33.3 Å². The molecule has 0 saturated carbocycles. The first kappa shape index (κ1) is 20.2. The molecule has 0 spiro atoms. The van der Waals surface area contributed by atoms with Crippen molar-refractivity contribution in [1.82, 2.24) is 4.98 Å². The van der Waals surface area contributed by atoms with Crippen LogP contribution in [0.3, 0.4) is 0 Å². The number of aromatic hydroxyl groups is 2. The second-order valence-electron chi connectivity index (χ2n) is 7.24. The lowest BCUT2D eigenvalue weighted by Crippen LogP contribution is -1.83. The van der Waals surface area contributed by atoms with E-state index >= 15 is 0 Å².